The number of anilines is 1. The predicted octanol–water partition coefficient (Wildman–Crippen LogP) is 4.22. The van der Waals surface area contributed by atoms with Gasteiger partial charge in [-0.2, -0.15) is 0 Å². The van der Waals surface area contributed by atoms with Crippen LogP contribution in [-0.2, 0) is 16.0 Å². The zero-order valence-corrected chi connectivity index (χ0v) is 15.5. The number of esters is 1. The third-order valence-corrected chi connectivity index (χ3v) is 3.82. The lowest BCUT2D eigenvalue weighted by Gasteiger charge is -2.15. The number of carbonyl (C=O) groups excluding carboxylic acids is 2. The van der Waals surface area contributed by atoms with Crippen molar-refractivity contribution in [2.24, 2.45) is 0 Å². The van der Waals surface area contributed by atoms with Crippen LogP contribution in [-0.4, -0.2) is 24.6 Å². The van der Waals surface area contributed by atoms with Crippen molar-refractivity contribution in [2.45, 2.75) is 39.7 Å². The molecule has 0 bridgehead atoms. The number of ether oxygens (including phenoxy) is 2. The molecule has 5 heteroatoms. The van der Waals surface area contributed by atoms with E-state index in [9.17, 15) is 9.59 Å². The van der Waals surface area contributed by atoms with E-state index in [0.29, 0.717) is 23.6 Å². The highest BCUT2D eigenvalue weighted by atomic mass is 16.5. The van der Waals surface area contributed by atoms with E-state index in [4.69, 9.17) is 9.47 Å². The third kappa shape index (κ3) is 5.62. The maximum absolute atomic E-state index is 12.3. The van der Waals surface area contributed by atoms with E-state index >= 15 is 0 Å². The lowest BCUT2D eigenvalue weighted by Crippen LogP contribution is -2.30. The second kappa shape index (κ2) is 9.61. The van der Waals surface area contributed by atoms with Gasteiger partial charge >= 0.3 is 5.97 Å². The molecule has 1 atom stereocenters. The second-order valence-electron chi connectivity index (χ2n) is 5.96. The van der Waals surface area contributed by atoms with Crippen molar-refractivity contribution in [1.29, 1.82) is 0 Å². The van der Waals surface area contributed by atoms with Crippen LogP contribution in [0.4, 0.5) is 5.69 Å². The summed E-state index contributed by atoms with van der Waals surface area (Å²) in [7, 11) is 0. The molecule has 0 saturated carbocycles. The van der Waals surface area contributed by atoms with Crippen LogP contribution < -0.4 is 10.1 Å². The molecule has 2 aromatic carbocycles. The minimum atomic E-state index is -0.668. The number of aryl methyl sites for hydroxylation is 1. The SMILES string of the molecule is CCCOC(=O)c1cccc(NC(=O)C(C)Oc2ccc(CC)cc2)c1. The molecule has 5 nitrogen and oxygen atoms in total. The fourth-order valence-corrected chi connectivity index (χ4v) is 2.31. The number of rotatable bonds is 8. The summed E-state index contributed by atoms with van der Waals surface area (Å²) in [5, 5.41) is 2.76. The molecule has 0 heterocycles. The van der Waals surface area contributed by atoms with Gasteiger partial charge < -0.3 is 14.8 Å². The molecule has 1 unspecified atom stereocenters. The van der Waals surface area contributed by atoms with Gasteiger partial charge in [0.15, 0.2) is 6.10 Å². The number of hydrogen-bond acceptors (Lipinski definition) is 4. The predicted molar refractivity (Wildman–Crippen MR) is 102 cm³/mol. The maximum atomic E-state index is 12.3. The summed E-state index contributed by atoms with van der Waals surface area (Å²) in [5.41, 5.74) is 2.14. The van der Waals surface area contributed by atoms with Crippen molar-refractivity contribution < 1.29 is 19.1 Å². The van der Waals surface area contributed by atoms with Gasteiger partial charge in [0.1, 0.15) is 5.75 Å². The topological polar surface area (TPSA) is 64.6 Å². The number of amides is 1. The molecule has 26 heavy (non-hydrogen) atoms. The largest absolute Gasteiger partial charge is 0.481 e. The van der Waals surface area contributed by atoms with Crippen LogP contribution in [0.15, 0.2) is 48.5 Å². The molecule has 2 aromatic rings. The van der Waals surface area contributed by atoms with Crippen LogP contribution in [0.5, 0.6) is 5.75 Å². The molecular formula is C21H25NO4. The van der Waals surface area contributed by atoms with Gasteiger partial charge in [-0.25, -0.2) is 4.79 Å². The molecule has 0 radical (unpaired) electrons. The minimum absolute atomic E-state index is 0.288. The highest BCUT2D eigenvalue weighted by Gasteiger charge is 2.16. The van der Waals surface area contributed by atoms with Crippen LogP contribution in [0, 0.1) is 0 Å². The number of nitrogens with one attached hydrogen (secondary N) is 1. The number of benzene rings is 2. The molecule has 1 amide bonds. The molecule has 2 rings (SSSR count). The Labute approximate surface area is 154 Å². The summed E-state index contributed by atoms with van der Waals surface area (Å²) >= 11 is 0. The van der Waals surface area contributed by atoms with E-state index < -0.39 is 12.1 Å². The fourth-order valence-electron chi connectivity index (χ4n) is 2.31. The minimum Gasteiger partial charge on any atom is -0.481 e. The van der Waals surface area contributed by atoms with E-state index in [1.165, 1.54) is 5.56 Å². The highest BCUT2D eigenvalue weighted by molar-refractivity contribution is 5.96. The van der Waals surface area contributed by atoms with Gasteiger partial charge in [-0.05, 0) is 55.7 Å². The van der Waals surface area contributed by atoms with Crippen LogP contribution in [0.2, 0.25) is 0 Å². The number of hydrogen-bond donors (Lipinski definition) is 1. The zero-order chi connectivity index (χ0) is 18.9. The van der Waals surface area contributed by atoms with Crippen LogP contribution >= 0.6 is 0 Å². The summed E-state index contributed by atoms with van der Waals surface area (Å²) in [6, 6.07) is 14.3. The maximum Gasteiger partial charge on any atom is 0.338 e. The molecule has 138 valence electrons. The van der Waals surface area contributed by atoms with Crippen molar-refractivity contribution in [3.63, 3.8) is 0 Å². The summed E-state index contributed by atoms with van der Waals surface area (Å²) in [5.74, 6) is -0.0475. The first-order valence-electron chi connectivity index (χ1n) is 8.87. The van der Waals surface area contributed by atoms with Gasteiger partial charge in [0.2, 0.25) is 0 Å². The Morgan fingerprint density at radius 1 is 1.08 bits per heavy atom. The second-order valence-corrected chi connectivity index (χ2v) is 5.96. The van der Waals surface area contributed by atoms with Crippen molar-refractivity contribution in [3.05, 3.63) is 59.7 Å². The monoisotopic (exact) mass is 355 g/mol. The first kappa shape index (κ1) is 19.5. The Balaban J connectivity index is 1.96. The summed E-state index contributed by atoms with van der Waals surface area (Å²) < 4.78 is 10.8. The van der Waals surface area contributed by atoms with Crippen molar-refractivity contribution in [3.8, 4) is 5.75 Å². The number of carbonyl (C=O) groups is 2. The summed E-state index contributed by atoms with van der Waals surface area (Å²) in [6.45, 7) is 6.07. The Hall–Kier alpha value is -2.82. The van der Waals surface area contributed by atoms with Crippen molar-refractivity contribution in [2.75, 3.05) is 11.9 Å². The average molecular weight is 355 g/mol. The standard InChI is InChI=1S/C21H25NO4/c1-4-13-25-21(24)17-7-6-8-18(14-17)22-20(23)15(3)26-19-11-9-16(5-2)10-12-19/h6-12,14-15H,4-5,13H2,1-3H3,(H,22,23). The lowest BCUT2D eigenvalue weighted by atomic mass is 10.2. The van der Waals surface area contributed by atoms with Gasteiger partial charge in [-0.15, -0.1) is 0 Å². The van der Waals surface area contributed by atoms with E-state index in [-0.39, 0.29) is 5.91 Å². The van der Waals surface area contributed by atoms with Gasteiger partial charge in [0.25, 0.3) is 5.91 Å². The molecule has 0 fully saturated rings. The molecule has 0 aliphatic rings. The third-order valence-electron chi connectivity index (χ3n) is 3.82. The zero-order valence-electron chi connectivity index (χ0n) is 15.5. The molecule has 0 spiro atoms. The first-order valence-corrected chi connectivity index (χ1v) is 8.87. The molecule has 0 aliphatic heterocycles. The summed E-state index contributed by atoms with van der Waals surface area (Å²) in [6.07, 6.45) is 1.04. The van der Waals surface area contributed by atoms with Crippen LogP contribution in [0.25, 0.3) is 0 Å². The summed E-state index contributed by atoms with van der Waals surface area (Å²) in [4.78, 5) is 24.3. The molecule has 0 aromatic heterocycles. The van der Waals surface area contributed by atoms with Gasteiger partial charge in [0, 0.05) is 5.69 Å². The molecule has 1 N–H and O–H groups in total. The fraction of sp³-hybridized carbons (Fsp3) is 0.333. The van der Waals surface area contributed by atoms with E-state index in [1.807, 2.05) is 31.2 Å². The molecular weight excluding hydrogens is 330 g/mol. The normalized spacial score (nSPS) is 11.5. The smallest absolute Gasteiger partial charge is 0.338 e. The quantitative estimate of drug-likeness (QED) is 0.720. The first-order chi connectivity index (χ1) is 12.5. The van der Waals surface area contributed by atoms with E-state index in [2.05, 4.69) is 12.2 Å². The van der Waals surface area contributed by atoms with Crippen LogP contribution in [0.1, 0.15) is 43.1 Å². The molecule has 0 aliphatic carbocycles. The lowest BCUT2D eigenvalue weighted by molar-refractivity contribution is -0.122. The van der Waals surface area contributed by atoms with E-state index in [0.717, 1.165) is 12.8 Å². The highest BCUT2D eigenvalue weighted by Crippen LogP contribution is 2.16. The Kier molecular flexibility index (Phi) is 7.21. The van der Waals surface area contributed by atoms with Crippen molar-refractivity contribution in [1.82, 2.24) is 0 Å². The van der Waals surface area contributed by atoms with Gasteiger partial charge in [0.05, 0.1) is 12.2 Å². The van der Waals surface area contributed by atoms with E-state index in [1.54, 1.807) is 31.2 Å². The average Bonchev–Trinajstić information content (AvgIpc) is 2.66. The Morgan fingerprint density at radius 3 is 2.46 bits per heavy atom. The van der Waals surface area contributed by atoms with Crippen molar-refractivity contribution >= 4 is 17.6 Å². The molecule has 0 saturated heterocycles. The van der Waals surface area contributed by atoms with Gasteiger partial charge in [-0.3, -0.25) is 4.79 Å². The Morgan fingerprint density at radius 2 is 1.81 bits per heavy atom. The van der Waals surface area contributed by atoms with Gasteiger partial charge in [-0.1, -0.05) is 32.0 Å². The van der Waals surface area contributed by atoms with Crippen LogP contribution in [0.3, 0.4) is 0 Å². The Bertz CT molecular complexity index is 740.